The zero-order chi connectivity index (χ0) is 17.6. The number of nitrogens with one attached hydrogen (secondary N) is 1. The number of amides is 1. The molecule has 0 spiro atoms. The highest BCUT2D eigenvalue weighted by molar-refractivity contribution is 7.71. The van der Waals surface area contributed by atoms with Gasteiger partial charge in [0, 0.05) is 24.8 Å². The molecule has 0 atom stereocenters. The van der Waals surface area contributed by atoms with Crippen LogP contribution in [0.5, 0.6) is 0 Å². The van der Waals surface area contributed by atoms with E-state index in [1.54, 1.807) is 25.2 Å². The molecule has 0 radical (unpaired) electrons. The molecule has 0 saturated carbocycles. The maximum atomic E-state index is 13.0. The summed E-state index contributed by atoms with van der Waals surface area (Å²) in [6.07, 6.45) is 1.93. The average molecular weight is 351 g/mol. The Morgan fingerprint density at radius 1 is 1.20 bits per heavy atom. The molecular weight excluding hydrogens is 334 g/mol. The molecule has 2 aromatic carbocycles. The van der Waals surface area contributed by atoms with E-state index >= 15 is 0 Å². The van der Waals surface area contributed by atoms with Gasteiger partial charge in [0.1, 0.15) is 0 Å². The summed E-state index contributed by atoms with van der Waals surface area (Å²) >= 11 is 5.17. The number of aromatic nitrogens is 2. The Morgan fingerprint density at radius 3 is 2.84 bits per heavy atom. The topological polar surface area (TPSA) is 58.1 Å². The van der Waals surface area contributed by atoms with Gasteiger partial charge in [0.25, 0.3) is 11.5 Å². The van der Waals surface area contributed by atoms with Crippen LogP contribution < -0.4 is 10.5 Å². The van der Waals surface area contributed by atoms with Gasteiger partial charge in [0.05, 0.1) is 10.9 Å². The fourth-order valence-electron chi connectivity index (χ4n) is 3.34. The van der Waals surface area contributed by atoms with Crippen LogP contribution in [0.2, 0.25) is 0 Å². The fourth-order valence-corrected chi connectivity index (χ4v) is 3.53. The van der Waals surface area contributed by atoms with Crippen molar-refractivity contribution in [3.05, 3.63) is 68.7 Å². The normalized spacial score (nSPS) is 13.7. The lowest BCUT2D eigenvalue weighted by Crippen LogP contribution is -2.35. The molecule has 1 aliphatic heterocycles. The molecule has 0 saturated heterocycles. The van der Waals surface area contributed by atoms with E-state index in [2.05, 4.69) is 11.1 Å². The van der Waals surface area contributed by atoms with Crippen LogP contribution in [0, 0.1) is 4.77 Å². The number of aromatic amines is 1. The number of hydrogen-bond acceptors (Lipinski definition) is 3. The van der Waals surface area contributed by atoms with Crippen molar-refractivity contribution in [2.24, 2.45) is 7.05 Å². The summed E-state index contributed by atoms with van der Waals surface area (Å²) in [5.74, 6) is -0.0611. The lowest BCUT2D eigenvalue weighted by molar-refractivity contribution is 0.0985. The van der Waals surface area contributed by atoms with Gasteiger partial charge < -0.3 is 9.88 Å². The number of aryl methyl sites for hydroxylation is 1. The van der Waals surface area contributed by atoms with Gasteiger partial charge in [-0.15, -0.1) is 0 Å². The number of fused-ring (bicyclic) bond motifs is 2. The van der Waals surface area contributed by atoms with Crippen LogP contribution in [-0.2, 0) is 13.5 Å². The predicted molar refractivity (Wildman–Crippen MR) is 101 cm³/mol. The Kier molecular flexibility index (Phi) is 3.77. The van der Waals surface area contributed by atoms with Crippen LogP contribution in [-0.4, -0.2) is 22.0 Å². The van der Waals surface area contributed by atoms with Crippen molar-refractivity contribution in [2.75, 3.05) is 11.4 Å². The van der Waals surface area contributed by atoms with Crippen LogP contribution in [0.3, 0.4) is 0 Å². The van der Waals surface area contributed by atoms with E-state index in [-0.39, 0.29) is 11.5 Å². The molecule has 126 valence electrons. The van der Waals surface area contributed by atoms with E-state index < -0.39 is 0 Å². The van der Waals surface area contributed by atoms with Gasteiger partial charge in [0.2, 0.25) is 0 Å². The second-order valence-corrected chi connectivity index (χ2v) is 6.63. The third-order valence-corrected chi connectivity index (χ3v) is 5.08. The molecule has 3 aromatic rings. The first-order valence-corrected chi connectivity index (χ1v) is 8.60. The zero-order valence-electron chi connectivity index (χ0n) is 13.8. The Bertz CT molecular complexity index is 1110. The van der Waals surface area contributed by atoms with Gasteiger partial charge in [-0.05, 0) is 54.9 Å². The SMILES string of the molecule is Cn1c(=S)[nH]c2cc(C(=O)N3CCCc4ccccc43)ccc2c1=O. The summed E-state index contributed by atoms with van der Waals surface area (Å²) < 4.78 is 1.73. The van der Waals surface area contributed by atoms with E-state index in [0.29, 0.717) is 27.8 Å². The highest BCUT2D eigenvalue weighted by Gasteiger charge is 2.23. The van der Waals surface area contributed by atoms with Crippen molar-refractivity contribution in [3.63, 3.8) is 0 Å². The van der Waals surface area contributed by atoms with Crippen molar-refractivity contribution < 1.29 is 4.79 Å². The van der Waals surface area contributed by atoms with Crippen molar-refractivity contribution in [1.29, 1.82) is 0 Å². The van der Waals surface area contributed by atoms with Crippen LogP contribution in [0.15, 0.2) is 47.3 Å². The van der Waals surface area contributed by atoms with Crippen LogP contribution in [0.1, 0.15) is 22.3 Å². The molecule has 0 aliphatic carbocycles. The quantitative estimate of drug-likeness (QED) is 0.685. The number of carbonyl (C=O) groups excluding carboxylic acids is 1. The Balaban J connectivity index is 1.81. The molecule has 2 heterocycles. The Hall–Kier alpha value is -2.73. The van der Waals surface area contributed by atoms with Crippen molar-refractivity contribution >= 4 is 34.7 Å². The molecule has 0 unspecified atom stereocenters. The number of nitrogens with zero attached hydrogens (tertiary/aromatic N) is 2. The zero-order valence-corrected chi connectivity index (χ0v) is 14.6. The molecular formula is C19H17N3O2S. The minimum Gasteiger partial charge on any atom is -0.332 e. The summed E-state index contributed by atoms with van der Waals surface area (Å²) in [4.78, 5) is 30.2. The smallest absolute Gasteiger partial charge is 0.261 e. The number of H-pyrrole nitrogens is 1. The first-order chi connectivity index (χ1) is 12.1. The third kappa shape index (κ3) is 2.59. The first-order valence-electron chi connectivity index (χ1n) is 8.19. The van der Waals surface area contributed by atoms with Gasteiger partial charge in [0.15, 0.2) is 4.77 Å². The summed E-state index contributed by atoms with van der Waals surface area (Å²) in [7, 11) is 1.63. The molecule has 5 nitrogen and oxygen atoms in total. The highest BCUT2D eigenvalue weighted by atomic mass is 32.1. The van der Waals surface area contributed by atoms with Gasteiger partial charge in [-0.3, -0.25) is 14.2 Å². The van der Waals surface area contributed by atoms with Crippen LogP contribution in [0.4, 0.5) is 5.69 Å². The van der Waals surface area contributed by atoms with E-state index in [1.807, 2.05) is 23.1 Å². The summed E-state index contributed by atoms with van der Waals surface area (Å²) in [5.41, 5.74) is 3.13. The maximum Gasteiger partial charge on any atom is 0.261 e. The Labute approximate surface area is 149 Å². The average Bonchev–Trinajstić information content (AvgIpc) is 2.65. The van der Waals surface area contributed by atoms with Crippen molar-refractivity contribution in [2.45, 2.75) is 12.8 Å². The first kappa shape index (κ1) is 15.8. The van der Waals surface area contributed by atoms with Crippen molar-refractivity contribution in [3.8, 4) is 0 Å². The van der Waals surface area contributed by atoms with Gasteiger partial charge >= 0.3 is 0 Å². The molecule has 1 aromatic heterocycles. The number of para-hydroxylation sites is 1. The van der Waals surface area contributed by atoms with Gasteiger partial charge in [-0.1, -0.05) is 18.2 Å². The number of anilines is 1. The molecule has 4 rings (SSSR count). The number of hydrogen-bond donors (Lipinski definition) is 1. The molecule has 1 amide bonds. The summed E-state index contributed by atoms with van der Waals surface area (Å²) in [6, 6.07) is 13.1. The van der Waals surface area contributed by atoms with E-state index in [4.69, 9.17) is 12.2 Å². The minimum atomic E-state index is -0.166. The second-order valence-electron chi connectivity index (χ2n) is 6.24. The monoisotopic (exact) mass is 351 g/mol. The number of rotatable bonds is 1. The summed E-state index contributed by atoms with van der Waals surface area (Å²) in [5, 5.41) is 0.520. The molecule has 0 bridgehead atoms. The number of benzene rings is 2. The maximum absolute atomic E-state index is 13.0. The molecule has 1 aliphatic rings. The summed E-state index contributed by atoms with van der Waals surface area (Å²) in [6.45, 7) is 0.695. The largest absolute Gasteiger partial charge is 0.332 e. The minimum absolute atomic E-state index is 0.0611. The fraction of sp³-hybridized carbons (Fsp3) is 0.211. The van der Waals surface area contributed by atoms with Gasteiger partial charge in [-0.25, -0.2) is 0 Å². The van der Waals surface area contributed by atoms with Crippen LogP contribution in [0.25, 0.3) is 10.9 Å². The lowest BCUT2D eigenvalue weighted by atomic mass is 10.0. The Morgan fingerprint density at radius 2 is 2.00 bits per heavy atom. The molecule has 25 heavy (non-hydrogen) atoms. The van der Waals surface area contributed by atoms with Gasteiger partial charge in [-0.2, -0.15) is 0 Å². The third-order valence-electron chi connectivity index (χ3n) is 4.70. The standard InChI is InChI=1S/C19H17N3O2S/c1-21-18(24)14-9-8-13(11-15(14)20-19(21)25)17(23)22-10-4-6-12-5-2-3-7-16(12)22/h2-3,5,7-9,11H,4,6,10H2,1H3,(H,20,25). The van der Waals surface area contributed by atoms with Crippen LogP contribution >= 0.6 is 12.2 Å². The predicted octanol–water partition coefficient (Wildman–Crippen LogP) is 3.19. The highest BCUT2D eigenvalue weighted by Crippen LogP contribution is 2.28. The molecule has 0 fully saturated rings. The molecule has 1 N–H and O–H groups in total. The number of carbonyl (C=O) groups is 1. The second kappa shape index (κ2) is 5.97. The van der Waals surface area contributed by atoms with E-state index in [1.165, 1.54) is 10.1 Å². The van der Waals surface area contributed by atoms with E-state index in [9.17, 15) is 9.59 Å². The lowest BCUT2D eigenvalue weighted by Gasteiger charge is -2.29. The van der Waals surface area contributed by atoms with E-state index in [0.717, 1.165) is 18.5 Å². The molecule has 6 heteroatoms. The van der Waals surface area contributed by atoms with Crippen molar-refractivity contribution in [1.82, 2.24) is 9.55 Å².